The molecule has 0 bridgehead atoms. The monoisotopic (exact) mass is 317 g/mol. The van der Waals surface area contributed by atoms with Gasteiger partial charge in [-0.1, -0.05) is 5.16 Å². The topological polar surface area (TPSA) is 104 Å². The summed E-state index contributed by atoms with van der Waals surface area (Å²) in [6, 6.07) is 6.91. The number of carbonyl (C=O) groups excluding carboxylic acids is 2. The van der Waals surface area contributed by atoms with E-state index in [-0.39, 0.29) is 5.70 Å². The van der Waals surface area contributed by atoms with Gasteiger partial charge in [0.1, 0.15) is 5.70 Å². The number of hydrogen-bond donors (Lipinski definition) is 1. The molecule has 0 aliphatic heterocycles. The van der Waals surface area contributed by atoms with Gasteiger partial charge in [-0.05, 0) is 24.3 Å². The van der Waals surface area contributed by atoms with Gasteiger partial charge in [0.25, 0.3) is 0 Å². The molecular weight excluding hydrogens is 302 g/mol. The molecule has 0 saturated heterocycles. The van der Waals surface area contributed by atoms with E-state index in [9.17, 15) is 9.59 Å². The predicted molar refractivity (Wildman–Crippen MR) is 80.2 cm³/mol. The quantitative estimate of drug-likeness (QED) is 0.656. The van der Waals surface area contributed by atoms with Crippen LogP contribution in [-0.4, -0.2) is 36.3 Å². The molecular formula is C15H15N3O5. The van der Waals surface area contributed by atoms with Crippen LogP contribution >= 0.6 is 0 Å². The van der Waals surface area contributed by atoms with Crippen molar-refractivity contribution in [3.8, 4) is 11.4 Å². The third-order valence-corrected chi connectivity index (χ3v) is 2.82. The Hall–Kier alpha value is -3.16. The van der Waals surface area contributed by atoms with Crippen molar-refractivity contribution in [1.82, 2.24) is 10.1 Å². The van der Waals surface area contributed by atoms with Crippen LogP contribution in [0.1, 0.15) is 5.89 Å². The second kappa shape index (κ2) is 7.21. The summed E-state index contributed by atoms with van der Waals surface area (Å²) < 4.78 is 14.0. The highest BCUT2D eigenvalue weighted by atomic mass is 16.5. The van der Waals surface area contributed by atoms with Crippen molar-refractivity contribution in [3.05, 3.63) is 41.9 Å². The van der Waals surface area contributed by atoms with Crippen molar-refractivity contribution in [2.24, 2.45) is 0 Å². The summed E-state index contributed by atoms with van der Waals surface area (Å²) >= 11 is 0. The Balaban J connectivity index is 2.19. The lowest BCUT2D eigenvalue weighted by atomic mass is 10.2. The highest BCUT2D eigenvalue weighted by molar-refractivity contribution is 5.98. The molecule has 1 N–H and O–H groups in total. The van der Waals surface area contributed by atoms with Crippen LogP contribution in [0.2, 0.25) is 0 Å². The van der Waals surface area contributed by atoms with Crippen molar-refractivity contribution < 1.29 is 23.6 Å². The van der Waals surface area contributed by atoms with Crippen molar-refractivity contribution in [2.75, 3.05) is 19.5 Å². The van der Waals surface area contributed by atoms with Crippen LogP contribution in [0.25, 0.3) is 11.4 Å². The Kier molecular flexibility index (Phi) is 5.08. The maximum Gasteiger partial charge on any atom is 0.354 e. The van der Waals surface area contributed by atoms with E-state index in [4.69, 9.17) is 4.52 Å². The summed E-state index contributed by atoms with van der Waals surface area (Å²) in [6.07, 6.45) is 1.02. The van der Waals surface area contributed by atoms with Crippen molar-refractivity contribution in [3.63, 3.8) is 0 Å². The van der Waals surface area contributed by atoms with Gasteiger partial charge in [-0.3, -0.25) is 0 Å². The maximum absolute atomic E-state index is 11.7. The van der Waals surface area contributed by atoms with Crippen LogP contribution in [0.3, 0.4) is 0 Å². The summed E-state index contributed by atoms with van der Waals surface area (Å²) in [5.41, 5.74) is 1.29. The fourth-order valence-corrected chi connectivity index (χ4v) is 1.71. The molecule has 2 aromatic rings. The number of rotatable bonds is 5. The molecule has 1 aromatic heterocycles. The molecule has 0 amide bonds. The number of nitrogens with zero attached hydrogens (tertiary/aromatic N) is 2. The first-order valence-electron chi connectivity index (χ1n) is 6.59. The number of anilines is 1. The Morgan fingerprint density at radius 1 is 1.17 bits per heavy atom. The summed E-state index contributed by atoms with van der Waals surface area (Å²) in [4.78, 5) is 27.1. The van der Waals surface area contributed by atoms with E-state index in [2.05, 4.69) is 24.9 Å². The fourth-order valence-electron chi connectivity index (χ4n) is 1.71. The third kappa shape index (κ3) is 4.16. The highest BCUT2D eigenvalue weighted by Gasteiger charge is 2.13. The van der Waals surface area contributed by atoms with E-state index in [0.717, 1.165) is 11.6 Å². The number of nitrogens with one attached hydrogen (secondary N) is 1. The Labute approximate surface area is 132 Å². The zero-order valence-corrected chi connectivity index (χ0v) is 12.8. The van der Waals surface area contributed by atoms with E-state index in [1.54, 1.807) is 31.2 Å². The zero-order valence-electron chi connectivity index (χ0n) is 12.8. The van der Waals surface area contributed by atoms with Crippen LogP contribution in [0.15, 0.2) is 40.6 Å². The second-order valence-corrected chi connectivity index (χ2v) is 4.41. The van der Waals surface area contributed by atoms with Gasteiger partial charge >= 0.3 is 11.9 Å². The molecule has 8 heteroatoms. The lowest BCUT2D eigenvalue weighted by molar-refractivity contribution is -0.138. The first kappa shape index (κ1) is 16.2. The SMILES string of the molecule is COC(=O)/C=C(/Nc1ccc(-c2noc(C)n2)cc1)C(=O)OC. The van der Waals surface area contributed by atoms with Crippen LogP contribution in [0.5, 0.6) is 0 Å². The van der Waals surface area contributed by atoms with Crippen LogP contribution in [0, 0.1) is 6.92 Å². The molecule has 0 fully saturated rings. The number of aryl methyl sites for hydroxylation is 1. The van der Waals surface area contributed by atoms with E-state index in [1.807, 2.05) is 0 Å². The molecule has 8 nitrogen and oxygen atoms in total. The highest BCUT2D eigenvalue weighted by Crippen LogP contribution is 2.19. The standard InChI is InChI=1S/C15H15N3O5/c1-9-16-14(18-23-9)10-4-6-11(7-5-10)17-12(15(20)22-3)8-13(19)21-2/h4-8,17H,1-3H3/b12-8+. The second-order valence-electron chi connectivity index (χ2n) is 4.41. The van der Waals surface area contributed by atoms with Gasteiger partial charge in [0.2, 0.25) is 11.7 Å². The summed E-state index contributed by atoms with van der Waals surface area (Å²) in [5.74, 6) is -0.423. The minimum absolute atomic E-state index is 0.0393. The number of benzene rings is 1. The van der Waals surface area contributed by atoms with Gasteiger partial charge in [0, 0.05) is 18.2 Å². The minimum atomic E-state index is -0.687. The molecule has 0 saturated carbocycles. The third-order valence-electron chi connectivity index (χ3n) is 2.82. The van der Waals surface area contributed by atoms with Crippen molar-refractivity contribution in [1.29, 1.82) is 0 Å². The molecule has 0 aliphatic rings. The number of ether oxygens (including phenoxy) is 2. The van der Waals surface area contributed by atoms with E-state index in [1.165, 1.54) is 14.2 Å². The van der Waals surface area contributed by atoms with E-state index in [0.29, 0.717) is 17.4 Å². The maximum atomic E-state index is 11.7. The molecule has 1 aromatic carbocycles. The molecule has 0 aliphatic carbocycles. The van der Waals surface area contributed by atoms with Crippen molar-refractivity contribution in [2.45, 2.75) is 6.92 Å². The number of aromatic nitrogens is 2. The molecule has 0 unspecified atom stereocenters. The van der Waals surface area contributed by atoms with Gasteiger partial charge < -0.3 is 19.3 Å². The fraction of sp³-hybridized carbons (Fsp3) is 0.200. The van der Waals surface area contributed by atoms with Gasteiger partial charge in [0.15, 0.2) is 0 Å². The number of hydrogen-bond acceptors (Lipinski definition) is 8. The smallest absolute Gasteiger partial charge is 0.354 e. The molecule has 120 valence electrons. The normalized spacial score (nSPS) is 11.0. The molecule has 0 spiro atoms. The van der Waals surface area contributed by atoms with E-state index >= 15 is 0 Å². The average Bonchev–Trinajstić information content (AvgIpc) is 3.00. The first-order chi connectivity index (χ1) is 11.0. The molecule has 1 heterocycles. The Morgan fingerprint density at radius 3 is 2.39 bits per heavy atom. The number of carbonyl (C=O) groups is 2. The Morgan fingerprint density at radius 2 is 1.87 bits per heavy atom. The predicted octanol–water partition coefficient (Wildman–Crippen LogP) is 1.69. The molecule has 0 radical (unpaired) electrons. The number of methoxy groups -OCH3 is 2. The summed E-state index contributed by atoms with van der Waals surface area (Å²) in [5, 5.41) is 6.62. The summed E-state index contributed by atoms with van der Waals surface area (Å²) in [6.45, 7) is 1.70. The zero-order chi connectivity index (χ0) is 16.8. The average molecular weight is 317 g/mol. The first-order valence-corrected chi connectivity index (χ1v) is 6.59. The largest absolute Gasteiger partial charge is 0.466 e. The molecule has 2 rings (SSSR count). The van der Waals surface area contributed by atoms with Crippen molar-refractivity contribution >= 4 is 17.6 Å². The van der Waals surface area contributed by atoms with Gasteiger partial charge in [-0.25, -0.2) is 9.59 Å². The van der Waals surface area contributed by atoms with Crippen LogP contribution < -0.4 is 5.32 Å². The minimum Gasteiger partial charge on any atom is -0.466 e. The van der Waals surface area contributed by atoms with Gasteiger partial charge in [-0.2, -0.15) is 4.98 Å². The number of esters is 2. The van der Waals surface area contributed by atoms with Crippen LogP contribution in [0.4, 0.5) is 5.69 Å². The van der Waals surface area contributed by atoms with E-state index < -0.39 is 11.9 Å². The Bertz CT molecular complexity index is 734. The lowest BCUT2D eigenvalue weighted by Gasteiger charge is -2.09. The lowest BCUT2D eigenvalue weighted by Crippen LogP contribution is -2.15. The summed E-state index contributed by atoms with van der Waals surface area (Å²) in [7, 11) is 2.44. The molecule has 0 atom stereocenters. The van der Waals surface area contributed by atoms with Crippen LogP contribution in [-0.2, 0) is 19.1 Å². The van der Waals surface area contributed by atoms with Gasteiger partial charge in [-0.15, -0.1) is 0 Å². The van der Waals surface area contributed by atoms with Gasteiger partial charge in [0.05, 0.1) is 20.3 Å². The molecule has 23 heavy (non-hydrogen) atoms.